The molecule has 0 spiro atoms. The summed E-state index contributed by atoms with van der Waals surface area (Å²) in [6.07, 6.45) is 1.76. The van der Waals surface area contributed by atoms with Crippen molar-refractivity contribution >= 4 is 22.8 Å². The van der Waals surface area contributed by atoms with E-state index in [1.807, 2.05) is 13.8 Å². The number of hydrogen-bond donors (Lipinski definition) is 1. The molecule has 1 N–H and O–H groups in total. The van der Waals surface area contributed by atoms with E-state index in [0.29, 0.717) is 5.56 Å². The fourth-order valence-electron chi connectivity index (χ4n) is 1.68. The van der Waals surface area contributed by atoms with Crippen molar-refractivity contribution in [2.45, 2.75) is 32.7 Å². The van der Waals surface area contributed by atoms with E-state index < -0.39 is 0 Å². The molecule has 0 aromatic heterocycles. The highest BCUT2D eigenvalue weighted by Crippen LogP contribution is 2.09. The Balaban J connectivity index is 0.00000256. The quantitative estimate of drug-likeness (QED) is 0.817. The predicted octanol–water partition coefficient (Wildman–Crippen LogP) is 3.36. The summed E-state index contributed by atoms with van der Waals surface area (Å²) in [6.45, 7) is 4.78. The summed E-state index contributed by atoms with van der Waals surface area (Å²) in [5.74, 6) is -0.268. The molecule has 96 valence electrons. The van der Waals surface area contributed by atoms with Crippen molar-refractivity contribution in [1.29, 1.82) is 0 Å². The maximum atomic E-state index is 12.7. The van der Waals surface area contributed by atoms with Crippen LogP contribution in [0.1, 0.15) is 37.0 Å². The molecule has 0 amide bonds. The second-order valence-corrected chi connectivity index (χ2v) is 3.77. The SMILES string of the molecule is Br.CCCC(NCC)C(=O)c1ccc(F)cc1. The van der Waals surface area contributed by atoms with Crippen LogP contribution in [-0.2, 0) is 0 Å². The fraction of sp³-hybridized carbons (Fsp3) is 0.462. The lowest BCUT2D eigenvalue weighted by atomic mass is 10.0. The van der Waals surface area contributed by atoms with Gasteiger partial charge in [0.1, 0.15) is 5.82 Å². The van der Waals surface area contributed by atoms with Crippen LogP contribution in [0.25, 0.3) is 0 Å². The van der Waals surface area contributed by atoms with E-state index in [1.54, 1.807) is 0 Å². The third kappa shape index (κ3) is 4.96. The van der Waals surface area contributed by atoms with Gasteiger partial charge in [-0.2, -0.15) is 0 Å². The fourth-order valence-corrected chi connectivity index (χ4v) is 1.68. The van der Waals surface area contributed by atoms with Gasteiger partial charge in [0.2, 0.25) is 0 Å². The number of hydrogen-bond acceptors (Lipinski definition) is 2. The maximum Gasteiger partial charge on any atom is 0.179 e. The topological polar surface area (TPSA) is 29.1 Å². The number of nitrogens with one attached hydrogen (secondary N) is 1. The van der Waals surface area contributed by atoms with Gasteiger partial charge < -0.3 is 5.32 Å². The predicted molar refractivity (Wildman–Crippen MR) is 73.4 cm³/mol. The van der Waals surface area contributed by atoms with Crippen LogP contribution in [-0.4, -0.2) is 18.4 Å². The summed E-state index contributed by atoms with van der Waals surface area (Å²) in [7, 11) is 0. The molecule has 1 aromatic rings. The first-order chi connectivity index (χ1) is 7.69. The normalized spacial score (nSPS) is 11.7. The molecule has 1 rings (SSSR count). The van der Waals surface area contributed by atoms with E-state index in [-0.39, 0.29) is 34.6 Å². The smallest absolute Gasteiger partial charge is 0.179 e. The molecule has 0 bridgehead atoms. The lowest BCUT2D eigenvalue weighted by Crippen LogP contribution is -2.36. The van der Waals surface area contributed by atoms with Crippen LogP contribution >= 0.6 is 17.0 Å². The first kappa shape index (κ1) is 16.3. The summed E-state index contributed by atoms with van der Waals surface area (Å²) in [5, 5.41) is 3.15. The Morgan fingerprint density at radius 2 is 1.88 bits per heavy atom. The van der Waals surface area contributed by atoms with E-state index in [9.17, 15) is 9.18 Å². The molecule has 2 nitrogen and oxygen atoms in total. The second kappa shape index (κ2) is 8.37. The minimum absolute atomic E-state index is 0. The van der Waals surface area contributed by atoms with Crippen LogP contribution in [0.2, 0.25) is 0 Å². The van der Waals surface area contributed by atoms with Crippen LogP contribution in [0, 0.1) is 5.82 Å². The first-order valence-corrected chi connectivity index (χ1v) is 5.72. The number of carbonyl (C=O) groups excluding carboxylic acids is 1. The number of benzene rings is 1. The average molecular weight is 304 g/mol. The summed E-state index contributed by atoms with van der Waals surface area (Å²) in [5.41, 5.74) is 0.570. The Kier molecular flexibility index (Phi) is 8.00. The van der Waals surface area contributed by atoms with Crippen LogP contribution in [0.4, 0.5) is 4.39 Å². The highest BCUT2D eigenvalue weighted by atomic mass is 79.9. The Morgan fingerprint density at radius 3 is 2.35 bits per heavy atom. The molecule has 0 saturated carbocycles. The number of ketones is 1. The molecule has 1 atom stereocenters. The van der Waals surface area contributed by atoms with Crippen LogP contribution in [0.5, 0.6) is 0 Å². The van der Waals surface area contributed by atoms with E-state index in [0.717, 1.165) is 19.4 Å². The molecular formula is C13H19BrFNO. The Labute approximate surface area is 112 Å². The van der Waals surface area contributed by atoms with E-state index in [2.05, 4.69) is 5.32 Å². The van der Waals surface area contributed by atoms with Crippen molar-refractivity contribution in [2.24, 2.45) is 0 Å². The standard InChI is InChI=1S/C13H18FNO.BrH/c1-3-5-12(15-4-2)13(16)10-6-8-11(14)9-7-10;/h6-9,12,15H,3-5H2,1-2H3;1H. The molecule has 0 aliphatic heterocycles. The van der Waals surface area contributed by atoms with E-state index >= 15 is 0 Å². The van der Waals surface area contributed by atoms with Crippen molar-refractivity contribution in [3.63, 3.8) is 0 Å². The lowest BCUT2D eigenvalue weighted by Gasteiger charge is -2.15. The molecule has 1 aromatic carbocycles. The Morgan fingerprint density at radius 1 is 1.29 bits per heavy atom. The number of halogens is 2. The van der Waals surface area contributed by atoms with Gasteiger partial charge in [0.15, 0.2) is 5.78 Å². The zero-order valence-corrected chi connectivity index (χ0v) is 11.9. The van der Waals surface area contributed by atoms with Crippen molar-refractivity contribution in [2.75, 3.05) is 6.54 Å². The highest BCUT2D eigenvalue weighted by Gasteiger charge is 2.17. The first-order valence-electron chi connectivity index (χ1n) is 5.72. The second-order valence-electron chi connectivity index (χ2n) is 3.77. The summed E-state index contributed by atoms with van der Waals surface area (Å²) >= 11 is 0. The third-order valence-electron chi connectivity index (χ3n) is 2.47. The zero-order valence-electron chi connectivity index (χ0n) is 10.2. The molecule has 0 saturated heterocycles. The summed E-state index contributed by atoms with van der Waals surface area (Å²) < 4.78 is 12.7. The molecule has 1 unspecified atom stereocenters. The number of likely N-dealkylation sites (N-methyl/N-ethyl adjacent to an activating group) is 1. The molecular weight excluding hydrogens is 285 g/mol. The van der Waals surface area contributed by atoms with E-state index in [1.165, 1.54) is 24.3 Å². The number of carbonyl (C=O) groups is 1. The molecule has 0 aliphatic carbocycles. The molecule has 17 heavy (non-hydrogen) atoms. The van der Waals surface area contributed by atoms with Gasteiger partial charge >= 0.3 is 0 Å². The Hall–Kier alpha value is -0.740. The van der Waals surface area contributed by atoms with Crippen LogP contribution in [0.3, 0.4) is 0 Å². The molecule has 0 radical (unpaired) electrons. The van der Waals surface area contributed by atoms with Crippen molar-refractivity contribution in [3.8, 4) is 0 Å². The minimum atomic E-state index is -0.313. The summed E-state index contributed by atoms with van der Waals surface area (Å²) in [6, 6.07) is 5.57. The van der Waals surface area contributed by atoms with Crippen molar-refractivity contribution in [1.82, 2.24) is 5.32 Å². The van der Waals surface area contributed by atoms with Gasteiger partial charge in [-0.15, -0.1) is 17.0 Å². The van der Waals surface area contributed by atoms with Gasteiger partial charge in [0.25, 0.3) is 0 Å². The molecule has 0 fully saturated rings. The van der Waals surface area contributed by atoms with Crippen LogP contribution in [0.15, 0.2) is 24.3 Å². The third-order valence-corrected chi connectivity index (χ3v) is 2.47. The summed E-state index contributed by atoms with van der Waals surface area (Å²) in [4.78, 5) is 12.1. The molecule has 0 aliphatic rings. The van der Waals surface area contributed by atoms with Gasteiger partial charge in [0.05, 0.1) is 6.04 Å². The van der Waals surface area contributed by atoms with Crippen molar-refractivity contribution < 1.29 is 9.18 Å². The van der Waals surface area contributed by atoms with Gasteiger partial charge in [-0.1, -0.05) is 20.3 Å². The average Bonchev–Trinajstić information content (AvgIpc) is 2.29. The maximum absolute atomic E-state index is 12.7. The monoisotopic (exact) mass is 303 g/mol. The van der Waals surface area contributed by atoms with E-state index in [4.69, 9.17) is 0 Å². The van der Waals surface area contributed by atoms with Crippen molar-refractivity contribution in [3.05, 3.63) is 35.6 Å². The molecule has 0 heterocycles. The van der Waals surface area contributed by atoms with Crippen LogP contribution < -0.4 is 5.32 Å². The minimum Gasteiger partial charge on any atom is -0.307 e. The largest absolute Gasteiger partial charge is 0.307 e. The zero-order chi connectivity index (χ0) is 12.0. The van der Waals surface area contributed by atoms with Gasteiger partial charge in [0, 0.05) is 5.56 Å². The van der Waals surface area contributed by atoms with Gasteiger partial charge in [-0.3, -0.25) is 4.79 Å². The van der Waals surface area contributed by atoms with Gasteiger partial charge in [-0.25, -0.2) is 4.39 Å². The lowest BCUT2D eigenvalue weighted by molar-refractivity contribution is 0.0938. The number of Topliss-reactive ketones (excluding diaryl/α,β-unsaturated/α-hetero) is 1. The Bertz CT molecular complexity index is 334. The number of rotatable bonds is 6. The highest BCUT2D eigenvalue weighted by molar-refractivity contribution is 8.93. The van der Waals surface area contributed by atoms with Gasteiger partial charge in [-0.05, 0) is 37.2 Å². The molecule has 4 heteroatoms.